The maximum atomic E-state index is 12.5. The van der Waals surface area contributed by atoms with Gasteiger partial charge in [-0.15, -0.1) is 0 Å². The monoisotopic (exact) mass is 474 g/mol. The smallest absolute Gasteiger partial charge is 0.318 e. The first-order valence-electron chi connectivity index (χ1n) is 10.8. The van der Waals surface area contributed by atoms with Crippen molar-refractivity contribution >= 4 is 31.8 Å². The minimum atomic E-state index is -1.95. The number of nitrogens with zero attached hydrogens (tertiary/aromatic N) is 2. The molecule has 1 saturated heterocycles. The number of amides is 1. The summed E-state index contributed by atoms with van der Waals surface area (Å²) in [6.07, 6.45) is 0. The van der Waals surface area contributed by atoms with Crippen molar-refractivity contribution in [3.05, 3.63) is 70.7 Å². The van der Waals surface area contributed by atoms with E-state index in [1.165, 1.54) is 11.1 Å². The third kappa shape index (κ3) is 7.17. The summed E-state index contributed by atoms with van der Waals surface area (Å²) in [6, 6.07) is 18.4. The Balaban J connectivity index is 1.56. The molecule has 8 heteroatoms. The van der Waals surface area contributed by atoms with Crippen LogP contribution >= 0.6 is 11.6 Å². The van der Waals surface area contributed by atoms with Crippen LogP contribution in [0.25, 0.3) is 0 Å². The summed E-state index contributed by atoms with van der Waals surface area (Å²) < 4.78 is 10.6. The molecule has 2 aromatic carbocycles. The molecule has 0 aliphatic carbocycles. The van der Waals surface area contributed by atoms with E-state index in [0.717, 1.165) is 13.1 Å². The van der Waals surface area contributed by atoms with Crippen molar-refractivity contribution in [1.29, 1.82) is 0 Å². The minimum Gasteiger partial charge on any atom is -0.518 e. The Kier molecular flexibility index (Phi) is 8.48. The normalized spacial score (nSPS) is 15.9. The molecule has 1 aliphatic rings. The maximum absolute atomic E-state index is 12.5. The fourth-order valence-electron chi connectivity index (χ4n) is 3.81. The quantitative estimate of drug-likeness (QED) is 0.542. The van der Waals surface area contributed by atoms with Gasteiger partial charge in [-0.05, 0) is 42.9 Å². The summed E-state index contributed by atoms with van der Waals surface area (Å²) in [7, 11) is -1.95. The molecule has 2 aromatic rings. The molecule has 0 N–H and O–H groups in total. The number of carbonyl (C=O) groups is 2. The molecule has 1 atom stereocenters. The second-order valence-corrected chi connectivity index (χ2v) is 13.7. The molecule has 0 unspecified atom stereocenters. The van der Waals surface area contributed by atoms with Crippen LogP contribution < -0.4 is 0 Å². The van der Waals surface area contributed by atoms with Gasteiger partial charge in [-0.3, -0.25) is 14.5 Å². The Bertz CT molecular complexity index is 894. The number of halogens is 1. The zero-order chi connectivity index (χ0) is 23.1. The lowest BCUT2D eigenvalue weighted by molar-refractivity contribution is -0.145. The van der Waals surface area contributed by atoms with E-state index in [2.05, 4.69) is 29.2 Å². The molecule has 1 fully saturated rings. The first-order chi connectivity index (χ1) is 15.2. The SMILES string of the molecule is C[Si](C)(C)OC(=O)COCC(=O)N1CCN([C@H](c2ccccc2)c2ccc(Cl)cc2)CC1. The van der Waals surface area contributed by atoms with E-state index >= 15 is 0 Å². The molecule has 172 valence electrons. The average molecular weight is 475 g/mol. The first-order valence-corrected chi connectivity index (χ1v) is 14.6. The summed E-state index contributed by atoms with van der Waals surface area (Å²) in [4.78, 5) is 28.5. The van der Waals surface area contributed by atoms with Gasteiger partial charge in [0.05, 0.1) is 6.04 Å². The zero-order valence-corrected chi connectivity index (χ0v) is 20.7. The number of hydrogen-bond acceptors (Lipinski definition) is 5. The fourth-order valence-corrected chi connectivity index (χ4v) is 4.68. The van der Waals surface area contributed by atoms with E-state index < -0.39 is 14.3 Å². The second kappa shape index (κ2) is 11.1. The van der Waals surface area contributed by atoms with Crippen LogP contribution in [0.5, 0.6) is 0 Å². The predicted molar refractivity (Wildman–Crippen MR) is 128 cm³/mol. The molecular formula is C24H31ClN2O4Si. The summed E-state index contributed by atoms with van der Waals surface area (Å²) >= 11 is 6.10. The number of benzene rings is 2. The number of hydrogen-bond donors (Lipinski definition) is 0. The van der Waals surface area contributed by atoms with Gasteiger partial charge in [0.2, 0.25) is 14.2 Å². The molecule has 0 saturated carbocycles. The Labute approximate surface area is 196 Å². The van der Waals surface area contributed by atoms with Crippen molar-refractivity contribution in [2.45, 2.75) is 25.7 Å². The highest BCUT2D eigenvalue weighted by atomic mass is 35.5. The van der Waals surface area contributed by atoms with Gasteiger partial charge in [-0.2, -0.15) is 0 Å². The highest BCUT2D eigenvalue weighted by Gasteiger charge is 2.28. The van der Waals surface area contributed by atoms with E-state index in [0.29, 0.717) is 18.1 Å². The fraction of sp³-hybridized carbons (Fsp3) is 0.417. The number of piperazine rings is 1. The molecule has 0 bridgehead atoms. The van der Waals surface area contributed by atoms with Gasteiger partial charge >= 0.3 is 5.97 Å². The van der Waals surface area contributed by atoms with Gasteiger partial charge < -0.3 is 14.1 Å². The van der Waals surface area contributed by atoms with Gasteiger partial charge in [-0.1, -0.05) is 54.1 Å². The number of rotatable bonds is 8. The molecule has 3 rings (SSSR count). The summed E-state index contributed by atoms with van der Waals surface area (Å²) in [5, 5.41) is 0.713. The lowest BCUT2D eigenvalue weighted by Gasteiger charge is -2.39. The van der Waals surface area contributed by atoms with Crippen molar-refractivity contribution in [3.8, 4) is 0 Å². The molecule has 0 radical (unpaired) electrons. The highest BCUT2D eigenvalue weighted by Crippen LogP contribution is 2.30. The van der Waals surface area contributed by atoms with Crippen LogP contribution in [0.4, 0.5) is 0 Å². The lowest BCUT2D eigenvalue weighted by Crippen LogP contribution is -2.50. The Morgan fingerprint density at radius 1 is 0.906 bits per heavy atom. The van der Waals surface area contributed by atoms with Crippen molar-refractivity contribution in [1.82, 2.24) is 9.80 Å². The molecule has 0 aromatic heterocycles. The average Bonchev–Trinajstić information content (AvgIpc) is 2.75. The van der Waals surface area contributed by atoms with Crippen LogP contribution in [-0.2, 0) is 18.8 Å². The van der Waals surface area contributed by atoms with Crippen molar-refractivity contribution in [2.75, 3.05) is 39.4 Å². The van der Waals surface area contributed by atoms with Gasteiger partial charge in [0.25, 0.3) is 0 Å². The Morgan fingerprint density at radius 2 is 1.50 bits per heavy atom. The van der Waals surface area contributed by atoms with Crippen LogP contribution in [0, 0.1) is 0 Å². The predicted octanol–water partition coefficient (Wildman–Crippen LogP) is 3.97. The molecule has 1 amide bonds. The van der Waals surface area contributed by atoms with E-state index in [4.69, 9.17) is 20.8 Å². The van der Waals surface area contributed by atoms with Crippen LogP contribution in [0.2, 0.25) is 24.7 Å². The Hall–Kier alpha value is -2.19. The zero-order valence-electron chi connectivity index (χ0n) is 18.9. The molecule has 1 aliphatic heterocycles. The van der Waals surface area contributed by atoms with Crippen LogP contribution in [0.3, 0.4) is 0 Å². The van der Waals surface area contributed by atoms with Crippen molar-refractivity contribution < 1.29 is 18.8 Å². The van der Waals surface area contributed by atoms with Crippen molar-refractivity contribution in [2.24, 2.45) is 0 Å². The lowest BCUT2D eigenvalue weighted by atomic mass is 9.96. The van der Waals surface area contributed by atoms with Gasteiger partial charge in [0.15, 0.2) is 0 Å². The maximum Gasteiger partial charge on any atom is 0.318 e. The standard InChI is InChI=1S/C24H31ClN2O4Si/c1-32(2,3)31-23(29)18-30-17-22(28)26-13-15-27(16-14-26)24(19-7-5-4-6-8-19)20-9-11-21(25)12-10-20/h4-12,24H,13-18H2,1-3H3/t24-/m1/s1. The highest BCUT2D eigenvalue weighted by molar-refractivity contribution is 6.71. The van der Waals surface area contributed by atoms with E-state index in [1.807, 2.05) is 50.0 Å². The topological polar surface area (TPSA) is 59.1 Å². The molecule has 0 spiro atoms. The summed E-state index contributed by atoms with van der Waals surface area (Å²) in [5.41, 5.74) is 2.38. The van der Waals surface area contributed by atoms with Gasteiger partial charge in [0, 0.05) is 31.2 Å². The third-order valence-corrected chi connectivity index (χ3v) is 6.29. The summed E-state index contributed by atoms with van der Waals surface area (Å²) in [6.45, 7) is 8.20. The van der Waals surface area contributed by atoms with Gasteiger partial charge in [-0.25, -0.2) is 0 Å². The first kappa shape index (κ1) is 24.4. The van der Waals surface area contributed by atoms with E-state index in [1.54, 1.807) is 4.90 Å². The number of ether oxygens (including phenoxy) is 1. The van der Waals surface area contributed by atoms with Crippen LogP contribution in [-0.4, -0.2) is 69.4 Å². The molecular weight excluding hydrogens is 444 g/mol. The largest absolute Gasteiger partial charge is 0.518 e. The van der Waals surface area contributed by atoms with Crippen molar-refractivity contribution in [3.63, 3.8) is 0 Å². The van der Waals surface area contributed by atoms with Gasteiger partial charge in [0.1, 0.15) is 13.2 Å². The van der Waals surface area contributed by atoms with E-state index in [9.17, 15) is 9.59 Å². The third-order valence-electron chi connectivity index (χ3n) is 5.20. The minimum absolute atomic E-state index is 0.0957. The number of carbonyl (C=O) groups excluding carboxylic acids is 2. The van der Waals surface area contributed by atoms with Crippen LogP contribution in [0.15, 0.2) is 54.6 Å². The molecule has 32 heavy (non-hydrogen) atoms. The van der Waals surface area contributed by atoms with E-state index in [-0.39, 0.29) is 25.2 Å². The summed E-state index contributed by atoms with van der Waals surface area (Å²) in [5.74, 6) is -0.510. The molecule has 1 heterocycles. The Morgan fingerprint density at radius 3 is 2.09 bits per heavy atom. The second-order valence-electron chi connectivity index (χ2n) is 8.86. The molecule has 6 nitrogen and oxygen atoms in total. The van der Waals surface area contributed by atoms with Crippen LogP contribution in [0.1, 0.15) is 17.2 Å².